The van der Waals surface area contributed by atoms with Crippen molar-refractivity contribution in [3.8, 4) is 0 Å². The number of aromatic nitrogens is 5. The first-order valence-corrected chi connectivity index (χ1v) is 16.8. The second kappa shape index (κ2) is 16.6. The molecule has 0 fully saturated rings. The van der Waals surface area contributed by atoms with Crippen molar-refractivity contribution in [3.63, 3.8) is 0 Å². The second-order valence-corrected chi connectivity index (χ2v) is 13.9. The largest absolute Gasteiger partial charge is 0.385 e. The van der Waals surface area contributed by atoms with Crippen LogP contribution in [0.5, 0.6) is 0 Å². The minimum Gasteiger partial charge on any atom is -0.385 e. The standard InChI is InChI=1S/C36H50N8O5/c1-22(17-19-44-20-18-29(37)42-35(44)48)5-6-23-9-14-27(40-31(23)38)21-49-34(47)28-15-10-25(33(46)41-28)8-13-26(36(2,3)4)12-7-24-11-16-30(45)43-32(24)39/h9-11,14-16,18,20,22,26,34,47H,5-8,12-13,17,19,21H2,1-4H3,(H2,38,40)(H,41,46)(H2,37,42,48)(H3,39,43,45). The van der Waals surface area contributed by atoms with Crippen LogP contribution >= 0.6 is 0 Å². The second-order valence-electron chi connectivity index (χ2n) is 13.9. The molecular formula is C36H50N8O5. The number of nitrogens with one attached hydrogen (secondary N) is 2. The maximum atomic E-state index is 12.9. The first kappa shape index (κ1) is 37.1. The zero-order chi connectivity index (χ0) is 35.7. The van der Waals surface area contributed by atoms with E-state index in [0.29, 0.717) is 47.7 Å². The Kier molecular flexibility index (Phi) is 12.5. The summed E-state index contributed by atoms with van der Waals surface area (Å²) >= 11 is 0. The number of ether oxygens (including phenoxy) is 1. The number of anilines is 3. The molecule has 0 saturated carbocycles. The lowest BCUT2D eigenvalue weighted by atomic mass is 9.74. The Morgan fingerprint density at radius 2 is 1.51 bits per heavy atom. The minimum absolute atomic E-state index is 0.00147. The van der Waals surface area contributed by atoms with Crippen LogP contribution in [-0.2, 0) is 37.2 Å². The van der Waals surface area contributed by atoms with Crippen LogP contribution in [-0.4, -0.2) is 29.6 Å². The van der Waals surface area contributed by atoms with Gasteiger partial charge in [0, 0.05) is 24.4 Å². The van der Waals surface area contributed by atoms with Gasteiger partial charge in [-0.25, -0.2) is 9.78 Å². The third-order valence-electron chi connectivity index (χ3n) is 9.19. The summed E-state index contributed by atoms with van der Waals surface area (Å²) in [7, 11) is 0. The van der Waals surface area contributed by atoms with Gasteiger partial charge in [0.25, 0.3) is 5.56 Å². The van der Waals surface area contributed by atoms with Gasteiger partial charge in [0.1, 0.15) is 17.5 Å². The van der Waals surface area contributed by atoms with Crippen molar-refractivity contribution in [2.24, 2.45) is 17.3 Å². The molecule has 13 nitrogen and oxygen atoms in total. The summed E-state index contributed by atoms with van der Waals surface area (Å²) in [4.78, 5) is 50.0. The van der Waals surface area contributed by atoms with E-state index in [9.17, 15) is 19.5 Å². The molecule has 3 atom stereocenters. The Morgan fingerprint density at radius 1 is 0.837 bits per heavy atom. The summed E-state index contributed by atoms with van der Waals surface area (Å²) in [6.07, 6.45) is 5.65. The number of rotatable bonds is 16. The molecule has 3 unspecified atom stereocenters. The van der Waals surface area contributed by atoms with Crippen LogP contribution in [0.4, 0.5) is 17.5 Å². The predicted octanol–water partition coefficient (Wildman–Crippen LogP) is 3.86. The summed E-state index contributed by atoms with van der Waals surface area (Å²) in [6.45, 7) is 9.23. The average Bonchev–Trinajstić information content (AvgIpc) is 3.03. The maximum Gasteiger partial charge on any atom is 0.349 e. The summed E-state index contributed by atoms with van der Waals surface area (Å²) in [5.41, 5.74) is 20.2. The zero-order valence-corrected chi connectivity index (χ0v) is 28.9. The third kappa shape index (κ3) is 10.9. The number of H-pyrrole nitrogens is 2. The number of hydrogen-bond donors (Lipinski definition) is 6. The first-order valence-electron chi connectivity index (χ1n) is 16.8. The molecule has 4 aromatic rings. The van der Waals surface area contributed by atoms with E-state index in [1.165, 1.54) is 6.07 Å². The monoisotopic (exact) mass is 674 g/mol. The van der Waals surface area contributed by atoms with E-state index in [4.69, 9.17) is 21.9 Å². The maximum absolute atomic E-state index is 12.9. The Balaban J connectivity index is 1.25. The molecule has 9 N–H and O–H groups in total. The topological polar surface area (TPSA) is 221 Å². The van der Waals surface area contributed by atoms with Gasteiger partial charge < -0.3 is 37.0 Å². The van der Waals surface area contributed by atoms with Crippen LogP contribution in [0.25, 0.3) is 0 Å². The number of nitrogens with two attached hydrogens (primary N) is 3. The van der Waals surface area contributed by atoms with Crippen molar-refractivity contribution in [1.82, 2.24) is 24.5 Å². The first-order chi connectivity index (χ1) is 23.2. The van der Waals surface area contributed by atoms with E-state index in [1.807, 2.05) is 12.1 Å². The van der Waals surface area contributed by atoms with E-state index in [1.54, 1.807) is 35.0 Å². The summed E-state index contributed by atoms with van der Waals surface area (Å²) in [5.74, 6) is 1.64. The lowest BCUT2D eigenvalue weighted by Crippen LogP contribution is -2.24. The van der Waals surface area contributed by atoms with Crippen LogP contribution in [0.15, 0.2) is 63.0 Å². The lowest BCUT2D eigenvalue weighted by Gasteiger charge is -2.31. The van der Waals surface area contributed by atoms with E-state index in [0.717, 1.165) is 49.7 Å². The molecule has 264 valence electrons. The van der Waals surface area contributed by atoms with Crippen LogP contribution in [0.3, 0.4) is 0 Å². The lowest BCUT2D eigenvalue weighted by molar-refractivity contribution is -0.115. The molecule has 0 aliphatic heterocycles. The van der Waals surface area contributed by atoms with Gasteiger partial charge in [0.2, 0.25) is 5.56 Å². The highest BCUT2D eigenvalue weighted by atomic mass is 16.6. The van der Waals surface area contributed by atoms with Gasteiger partial charge >= 0.3 is 5.69 Å². The van der Waals surface area contributed by atoms with Crippen LogP contribution in [0.2, 0.25) is 0 Å². The normalized spacial score (nSPS) is 13.7. The van der Waals surface area contributed by atoms with Gasteiger partial charge in [-0.2, -0.15) is 4.98 Å². The molecule has 0 bridgehead atoms. The van der Waals surface area contributed by atoms with Gasteiger partial charge in [-0.3, -0.25) is 14.2 Å². The Bertz CT molecular complexity index is 1880. The van der Waals surface area contributed by atoms with Gasteiger partial charge in [-0.15, -0.1) is 0 Å². The molecule has 0 spiro atoms. The van der Waals surface area contributed by atoms with Crippen LogP contribution in [0.1, 0.15) is 87.7 Å². The highest BCUT2D eigenvalue weighted by molar-refractivity contribution is 5.40. The van der Waals surface area contributed by atoms with Crippen LogP contribution < -0.4 is 34.0 Å². The van der Waals surface area contributed by atoms with Crippen LogP contribution in [0, 0.1) is 17.3 Å². The van der Waals surface area contributed by atoms with Crippen molar-refractivity contribution in [3.05, 3.63) is 108 Å². The molecule has 0 aromatic carbocycles. The number of nitrogen functional groups attached to an aromatic ring is 3. The van der Waals surface area contributed by atoms with E-state index >= 15 is 0 Å². The molecule has 0 amide bonds. The van der Waals surface area contributed by atoms with Crippen molar-refractivity contribution >= 4 is 17.5 Å². The molecule has 0 saturated heterocycles. The predicted molar refractivity (Wildman–Crippen MR) is 192 cm³/mol. The quantitative estimate of drug-likeness (QED) is 0.0942. The fraction of sp³-hybridized carbons (Fsp3) is 0.472. The summed E-state index contributed by atoms with van der Waals surface area (Å²) < 4.78 is 7.17. The molecular weight excluding hydrogens is 624 g/mol. The summed E-state index contributed by atoms with van der Waals surface area (Å²) in [6, 6.07) is 12.0. The molecule has 4 aromatic heterocycles. The number of hydrogen-bond acceptors (Lipinski definition) is 10. The van der Waals surface area contributed by atoms with Crippen molar-refractivity contribution < 1.29 is 9.84 Å². The fourth-order valence-electron chi connectivity index (χ4n) is 5.88. The molecule has 13 heteroatoms. The number of aliphatic hydroxyl groups is 1. The average molecular weight is 675 g/mol. The van der Waals surface area contributed by atoms with Crippen molar-refractivity contribution in [1.29, 1.82) is 0 Å². The number of aliphatic hydroxyl groups excluding tert-OH is 1. The van der Waals surface area contributed by atoms with E-state index in [-0.39, 0.29) is 40.3 Å². The van der Waals surface area contributed by atoms with Crippen molar-refractivity contribution in [2.75, 3.05) is 17.2 Å². The third-order valence-corrected chi connectivity index (χ3v) is 9.19. The SMILES string of the molecule is CC(CCc1ccc(COC(O)c2ccc(CCC(CCc3ccc(=O)[nH]c3N)C(C)(C)C)c(=O)[nH]2)nc1N)CCn1ccc(N)nc1=O. The van der Waals surface area contributed by atoms with Gasteiger partial charge in [0.05, 0.1) is 18.0 Å². The van der Waals surface area contributed by atoms with Gasteiger partial charge in [-0.1, -0.05) is 39.8 Å². The molecule has 4 rings (SSSR count). The zero-order valence-electron chi connectivity index (χ0n) is 28.9. The molecule has 0 aliphatic rings. The Morgan fingerprint density at radius 3 is 2.16 bits per heavy atom. The Labute approximate surface area is 286 Å². The van der Waals surface area contributed by atoms with Gasteiger partial charge in [0.15, 0.2) is 6.29 Å². The fourth-order valence-corrected chi connectivity index (χ4v) is 5.88. The number of pyridine rings is 3. The highest BCUT2D eigenvalue weighted by Gasteiger charge is 2.25. The number of aromatic amines is 2. The number of aryl methyl sites for hydroxylation is 4. The van der Waals surface area contributed by atoms with Gasteiger partial charge in [-0.05, 0) is 97.6 Å². The van der Waals surface area contributed by atoms with E-state index < -0.39 is 6.29 Å². The smallest absolute Gasteiger partial charge is 0.349 e. The van der Waals surface area contributed by atoms with E-state index in [2.05, 4.69) is 47.6 Å². The molecule has 0 aliphatic carbocycles. The minimum atomic E-state index is -1.35. The van der Waals surface area contributed by atoms with Crippen molar-refractivity contribution in [2.45, 2.75) is 92.1 Å². The molecule has 4 heterocycles. The molecule has 49 heavy (non-hydrogen) atoms. The summed E-state index contributed by atoms with van der Waals surface area (Å²) in [5, 5.41) is 10.7. The number of nitrogens with zero attached hydrogens (tertiary/aromatic N) is 3. The highest BCUT2D eigenvalue weighted by Crippen LogP contribution is 2.34. The molecule has 0 radical (unpaired) electrons. The Hall–Kier alpha value is -4.75.